The standard InChI is InChI=1S/C11H8Br2N2O2/c12-8-3-1-7(2-4-8)6-15-10(16)9(13)5-14-11(15)17/h1-5H,6H2,(H,14,17). The van der Waals surface area contributed by atoms with Crippen molar-refractivity contribution >= 4 is 31.9 Å². The molecule has 1 N–H and O–H groups in total. The molecule has 0 aliphatic heterocycles. The molecule has 1 aromatic heterocycles. The number of hydrogen-bond acceptors (Lipinski definition) is 2. The van der Waals surface area contributed by atoms with Crippen molar-refractivity contribution in [1.82, 2.24) is 9.55 Å². The Balaban J connectivity index is 2.43. The molecule has 88 valence electrons. The van der Waals surface area contributed by atoms with E-state index in [0.717, 1.165) is 14.6 Å². The van der Waals surface area contributed by atoms with E-state index in [1.54, 1.807) is 0 Å². The number of rotatable bonds is 2. The fraction of sp³-hybridized carbons (Fsp3) is 0.0909. The summed E-state index contributed by atoms with van der Waals surface area (Å²) in [4.78, 5) is 25.8. The van der Waals surface area contributed by atoms with Crippen molar-refractivity contribution in [2.45, 2.75) is 6.54 Å². The first-order valence-corrected chi connectivity index (χ1v) is 6.39. The van der Waals surface area contributed by atoms with E-state index in [1.165, 1.54) is 6.20 Å². The number of nitrogens with zero attached hydrogens (tertiary/aromatic N) is 1. The van der Waals surface area contributed by atoms with Gasteiger partial charge >= 0.3 is 5.69 Å². The van der Waals surface area contributed by atoms with Crippen molar-refractivity contribution in [2.75, 3.05) is 0 Å². The Kier molecular flexibility index (Phi) is 3.63. The predicted octanol–water partition coefficient (Wildman–Crippen LogP) is 2.11. The zero-order chi connectivity index (χ0) is 12.4. The van der Waals surface area contributed by atoms with Crippen molar-refractivity contribution in [2.24, 2.45) is 0 Å². The highest BCUT2D eigenvalue weighted by atomic mass is 79.9. The van der Waals surface area contributed by atoms with Crippen LogP contribution >= 0.6 is 31.9 Å². The highest BCUT2D eigenvalue weighted by Gasteiger charge is 2.05. The Labute approximate surface area is 114 Å². The van der Waals surface area contributed by atoms with Crippen molar-refractivity contribution in [3.05, 3.63) is 65.8 Å². The second-order valence-corrected chi connectivity index (χ2v) is 5.23. The average Bonchev–Trinajstić information content (AvgIpc) is 2.32. The van der Waals surface area contributed by atoms with Crippen molar-refractivity contribution in [3.8, 4) is 0 Å². The minimum atomic E-state index is -0.416. The predicted molar refractivity (Wildman–Crippen MR) is 72.3 cm³/mol. The summed E-state index contributed by atoms with van der Waals surface area (Å²) in [6, 6.07) is 7.45. The van der Waals surface area contributed by atoms with Gasteiger partial charge < -0.3 is 4.98 Å². The first-order chi connectivity index (χ1) is 8.08. The first kappa shape index (κ1) is 12.3. The number of nitrogens with one attached hydrogen (secondary N) is 1. The second kappa shape index (κ2) is 5.01. The Morgan fingerprint density at radius 1 is 1.12 bits per heavy atom. The van der Waals surface area contributed by atoms with Crippen LogP contribution in [0.4, 0.5) is 0 Å². The van der Waals surface area contributed by atoms with Crippen LogP contribution in [0.1, 0.15) is 5.56 Å². The molecular weight excluding hydrogens is 352 g/mol. The van der Waals surface area contributed by atoms with Gasteiger partial charge in [-0.2, -0.15) is 0 Å². The molecule has 0 saturated heterocycles. The van der Waals surface area contributed by atoms with Crippen LogP contribution in [-0.4, -0.2) is 9.55 Å². The van der Waals surface area contributed by atoms with Crippen LogP contribution in [0.3, 0.4) is 0 Å². The fourth-order valence-corrected chi connectivity index (χ4v) is 1.99. The molecule has 1 heterocycles. The van der Waals surface area contributed by atoms with Crippen molar-refractivity contribution in [1.29, 1.82) is 0 Å². The fourth-order valence-electron chi connectivity index (χ4n) is 1.40. The summed E-state index contributed by atoms with van der Waals surface area (Å²) in [5.74, 6) is 0. The molecule has 1 aromatic carbocycles. The van der Waals surface area contributed by atoms with Crippen LogP contribution in [0.25, 0.3) is 0 Å². The molecule has 0 spiro atoms. The van der Waals surface area contributed by atoms with E-state index >= 15 is 0 Å². The Morgan fingerprint density at radius 3 is 2.41 bits per heavy atom. The van der Waals surface area contributed by atoms with Gasteiger partial charge in [0.25, 0.3) is 5.56 Å². The van der Waals surface area contributed by atoms with E-state index in [1.807, 2.05) is 24.3 Å². The molecule has 0 amide bonds. The van der Waals surface area contributed by atoms with E-state index < -0.39 is 5.69 Å². The van der Waals surface area contributed by atoms with Gasteiger partial charge in [-0.25, -0.2) is 4.79 Å². The second-order valence-electron chi connectivity index (χ2n) is 3.46. The molecule has 17 heavy (non-hydrogen) atoms. The minimum absolute atomic E-state index is 0.251. The molecule has 0 atom stereocenters. The SMILES string of the molecule is O=c1[nH]cc(Br)c(=O)n1Cc1ccc(Br)cc1. The quantitative estimate of drug-likeness (QED) is 0.892. The number of aromatic nitrogens is 2. The van der Waals surface area contributed by atoms with Crippen molar-refractivity contribution in [3.63, 3.8) is 0 Å². The minimum Gasteiger partial charge on any atom is -0.313 e. The van der Waals surface area contributed by atoms with Gasteiger partial charge in [-0.05, 0) is 33.6 Å². The van der Waals surface area contributed by atoms with Gasteiger partial charge in [-0.3, -0.25) is 9.36 Å². The smallest absolute Gasteiger partial charge is 0.313 e. The summed E-state index contributed by atoms with van der Waals surface area (Å²) in [5.41, 5.74) is 0.136. The van der Waals surface area contributed by atoms with Crippen LogP contribution in [0, 0.1) is 0 Å². The highest BCUT2D eigenvalue weighted by Crippen LogP contribution is 2.10. The molecule has 6 heteroatoms. The third-order valence-electron chi connectivity index (χ3n) is 2.27. The summed E-state index contributed by atoms with van der Waals surface area (Å²) in [6.45, 7) is 0.251. The van der Waals surface area contributed by atoms with Crippen molar-refractivity contribution < 1.29 is 0 Å². The normalized spacial score (nSPS) is 10.5. The van der Waals surface area contributed by atoms with Gasteiger partial charge in [0.2, 0.25) is 0 Å². The van der Waals surface area contributed by atoms with Crippen LogP contribution in [-0.2, 0) is 6.54 Å². The van der Waals surface area contributed by atoms with Gasteiger partial charge in [0.1, 0.15) is 0 Å². The van der Waals surface area contributed by atoms with Gasteiger partial charge in [0, 0.05) is 10.7 Å². The lowest BCUT2D eigenvalue weighted by Gasteiger charge is -2.04. The zero-order valence-electron chi connectivity index (χ0n) is 8.61. The van der Waals surface area contributed by atoms with Gasteiger partial charge in [0.05, 0.1) is 11.0 Å². The molecule has 0 unspecified atom stereocenters. The van der Waals surface area contributed by atoms with Crippen LogP contribution in [0.15, 0.2) is 49.0 Å². The van der Waals surface area contributed by atoms with Crippen LogP contribution in [0.2, 0.25) is 0 Å². The lowest BCUT2D eigenvalue weighted by Crippen LogP contribution is -2.35. The lowest BCUT2D eigenvalue weighted by molar-refractivity contribution is 0.694. The van der Waals surface area contributed by atoms with E-state index in [4.69, 9.17) is 0 Å². The number of benzene rings is 1. The van der Waals surface area contributed by atoms with Gasteiger partial charge in [-0.1, -0.05) is 28.1 Å². The summed E-state index contributed by atoms with van der Waals surface area (Å²) in [5, 5.41) is 0. The first-order valence-electron chi connectivity index (χ1n) is 4.80. The third kappa shape index (κ3) is 2.76. The maximum Gasteiger partial charge on any atom is 0.328 e. The third-order valence-corrected chi connectivity index (χ3v) is 3.37. The molecule has 2 aromatic rings. The van der Waals surface area contributed by atoms with E-state index in [-0.39, 0.29) is 12.1 Å². The lowest BCUT2D eigenvalue weighted by atomic mass is 10.2. The number of aromatic amines is 1. The molecule has 0 radical (unpaired) electrons. The Morgan fingerprint density at radius 2 is 1.76 bits per heavy atom. The summed E-state index contributed by atoms with van der Waals surface area (Å²) >= 11 is 6.42. The molecular formula is C11H8Br2N2O2. The van der Waals surface area contributed by atoms with Gasteiger partial charge in [-0.15, -0.1) is 0 Å². The van der Waals surface area contributed by atoms with Gasteiger partial charge in [0.15, 0.2) is 0 Å². The summed E-state index contributed by atoms with van der Waals surface area (Å²) < 4.78 is 2.44. The molecule has 2 rings (SSSR count). The highest BCUT2D eigenvalue weighted by molar-refractivity contribution is 9.10. The van der Waals surface area contributed by atoms with E-state index in [2.05, 4.69) is 36.8 Å². The van der Waals surface area contributed by atoms with Crippen LogP contribution < -0.4 is 11.2 Å². The average molecular weight is 360 g/mol. The topological polar surface area (TPSA) is 54.9 Å². The Hall–Kier alpha value is -1.14. The molecule has 0 saturated carbocycles. The van der Waals surface area contributed by atoms with E-state index in [9.17, 15) is 9.59 Å². The van der Waals surface area contributed by atoms with Crippen LogP contribution in [0.5, 0.6) is 0 Å². The number of halogens is 2. The Bertz CT molecular complexity index is 644. The molecule has 4 nitrogen and oxygen atoms in total. The zero-order valence-corrected chi connectivity index (χ0v) is 11.8. The summed E-state index contributed by atoms with van der Waals surface area (Å²) in [7, 11) is 0. The summed E-state index contributed by atoms with van der Waals surface area (Å²) in [6.07, 6.45) is 1.35. The number of hydrogen-bond donors (Lipinski definition) is 1. The monoisotopic (exact) mass is 358 g/mol. The van der Waals surface area contributed by atoms with E-state index in [0.29, 0.717) is 4.47 Å². The molecule has 0 fully saturated rings. The molecule has 0 bridgehead atoms. The maximum atomic E-state index is 11.7. The number of H-pyrrole nitrogens is 1. The largest absolute Gasteiger partial charge is 0.328 e. The molecule has 0 aliphatic carbocycles. The maximum absolute atomic E-state index is 11.7. The molecule has 0 aliphatic rings.